The van der Waals surface area contributed by atoms with E-state index >= 15 is 0 Å². The molecule has 0 bridgehead atoms. The van der Waals surface area contributed by atoms with Gasteiger partial charge in [-0.25, -0.2) is 9.97 Å². The summed E-state index contributed by atoms with van der Waals surface area (Å²) in [5.41, 5.74) is 0.954. The third kappa shape index (κ3) is 3.62. The van der Waals surface area contributed by atoms with Crippen molar-refractivity contribution in [2.24, 2.45) is 5.92 Å². The Morgan fingerprint density at radius 1 is 1.36 bits per heavy atom. The third-order valence-corrected chi connectivity index (χ3v) is 5.17. The molecule has 1 fully saturated rings. The van der Waals surface area contributed by atoms with E-state index in [2.05, 4.69) is 26.4 Å². The van der Waals surface area contributed by atoms with Crippen LogP contribution >= 0.6 is 11.6 Å². The van der Waals surface area contributed by atoms with Gasteiger partial charge in [0.1, 0.15) is 0 Å². The maximum atomic E-state index is 6.06. The van der Waals surface area contributed by atoms with Crippen LogP contribution < -0.4 is 0 Å². The number of aromatic nitrogens is 3. The summed E-state index contributed by atoms with van der Waals surface area (Å²) in [6, 6.07) is 8.09. The Bertz CT molecular complexity index is 830. The van der Waals surface area contributed by atoms with Gasteiger partial charge in [-0.1, -0.05) is 30.7 Å². The maximum absolute atomic E-state index is 6.06. The lowest BCUT2D eigenvalue weighted by atomic mass is 9.93. The lowest BCUT2D eigenvalue weighted by Crippen LogP contribution is -2.40. The molecule has 130 valence electrons. The number of benzene rings is 1. The number of nitrogens with zero attached hydrogens (tertiary/aromatic N) is 4. The van der Waals surface area contributed by atoms with Gasteiger partial charge in [0.2, 0.25) is 5.89 Å². The summed E-state index contributed by atoms with van der Waals surface area (Å²) < 4.78 is 8.16. The minimum absolute atomic E-state index is 0.443. The van der Waals surface area contributed by atoms with Gasteiger partial charge >= 0.3 is 0 Å². The number of hydrogen-bond acceptors (Lipinski definition) is 4. The predicted octanol–water partition coefficient (Wildman–Crippen LogP) is 4.27. The highest BCUT2D eigenvalue weighted by Gasteiger charge is 2.28. The molecule has 5 nitrogen and oxygen atoms in total. The molecule has 2 unspecified atom stereocenters. The molecule has 0 saturated carbocycles. The van der Waals surface area contributed by atoms with Gasteiger partial charge in [0, 0.05) is 35.6 Å². The van der Waals surface area contributed by atoms with E-state index in [0.29, 0.717) is 17.0 Å². The fraction of sp³-hybridized carbons (Fsp3) is 0.368. The topological polar surface area (TPSA) is 47.1 Å². The molecule has 0 aliphatic carbocycles. The maximum Gasteiger partial charge on any atom is 0.209 e. The normalized spacial score (nSPS) is 21.5. The van der Waals surface area contributed by atoms with Gasteiger partial charge in [-0.3, -0.25) is 4.90 Å². The molecule has 1 aromatic carbocycles. The Morgan fingerprint density at radius 2 is 2.28 bits per heavy atom. The zero-order valence-corrected chi connectivity index (χ0v) is 14.9. The first-order chi connectivity index (χ1) is 12.2. The monoisotopic (exact) mass is 356 g/mol. The van der Waals surface area contributed by atoms with Crippen molar-refractivity contribution in [1.82, 2.24) is 19.4 Å². The van der Waals surface area contributed by atoms with Crippen molar-refractivity contribution >= 4 is 11.6 Å². The third-order valence-electron chi connectivity index (χ3n) is 4.93. The first-order valence-electron chi connectivity index (χ1n) is 8.59. The number of rotatable bonds is 4. The number of likely N-dealkylation sites (tertiary alicyclic amines) is 1. The van der Waals surface area contributed by atoms with Crippen LogP contribution in [0.25, 0.3) is 11.3 Å². The highest BCUT2D eigenvalue weighted by atomic mass is 35.5. The molecule has 1 aliphatic heterocycles. The van der Waals surface area contributed by atoms with Crippen LogP contribution in [0.15, 0.2) is 53.6 Å². The molecular formula is C19H21ClN4O. The highest BCUT2D eigenvalue weighted by Crippen LogP contribution is 2.29. The van der Waals surface area contributed by atoms with Crippen molar-refractivity contribution in [3.8, 4) is 11.3 Å². The van der Waals surface area contributed by atoms with Gasteiger partial charge in [0.15, 0.2) is 5.76 Å². The van der Waals surface area contributed by atoms with Crippen LogP contribution in [0.1, 0.15) is 25.3 Å². The van der Waals surface area contributed by atoms with Crippen LogP contribution in [-0.4, -0.2) is 32.5 Å². The molecule has 0 radical (unpaired) electrons. The molecule has 25 heavy (non-hydrogen) atoms. The van der Waals surface area contributed by atoms with Gasteiger partial charge < -0.3 is 8.98 Å². The van der Waals surface area contributed by atoms with E-state index < -0.39 is 0 Å². The van der Waals surface area contributed by atoms with E-state index in [1.165, 1.54) is 0 Å². The zero-order valence-electron chi connectivity index (χ0n) is 14.2. The second kappa shape index (κ2) is 7.02. The highest BCUT2D eigenvalue weighted by molar-refractivity contribution is 6.30. The van der Waals surface area contributed by atoms with Gasteiger partial charge in [0.25, 0.3) is 0 Å². The summed E-state index contributed by atoms with van der Waals surface area (Å²) in [5.74, 6) is 2.14. The van der Waals surface area contributed by atoms with E-state index in [1.54, 1.807) is 6.20 Å². The quantitative estimate of drug-likeness (QED) is 0.700. The molecule has 0 spiro atoms. The molecule has 2 aromatic heterocycles. The molecule has 0 N–H and O–H groups in total. The SMILES string of the molecule is CC1CCN(Cc2ncc(-c3cccc(Cl)c3)o2)CC1n1ccnc1. The number of halogens is 1. The van der Waals surface area contributed by atoms with Crippen molar-refractivity contribution < 1.29 is 4.42 Å². The van der Waals surface area contributed by atoms with E-state index in [0.717, 1.165) is 43.3 Å². The van der Waals surface area contributed by atoms with Crippen LogP contribution in [-0.2, 0) is 6.54 Å². The van der Waals surface area contributed by atoms with Gasteiger partial charge in [-0.15, -0.1) is 0 Å². The average molecular weight is 357 g/mol. The van der Waals surface area contributed by atoms with Crippen LogP contribution in [0, 0.1) is 5.92 Å². The van der Waals surface area contributed by atoms with Crippen molar-refractivity contribution in [3.05, 3.63) is 60.1 Å². The minimum Gasteiger partial charge on any atom is -0.439 e. The number of hydrogen-bond donors (Lipinski definition) is 0. The lowest BCUT2D eigenvalue weighted by molar-refractivity contribution is 0.117. The second-order valence-corrected chi connectivity index (χ2v) is 7.14. The molecule has 3 heterocycles. The second-order valence-electron chi connectivity index (χ2n) is 6.71. The molecule has 2 atom stereocenters. The van der Waals surface area contributed by atoms with Crippen LogP contribution in [0.5, 0.6) is 0 Å². The first-order valence-corrected chi connectivity index (χ1v) is 8.97. The summed E-state index contributed by atoms with van der Waals surface area (Å²) in [7, 11) is 0. The summed E-state index contributed by atoms with van der Waals surface area (Å²) in [6.07, 6.45) is 8.74. The van der Waals surface area contributed by atoms with E-state index in [9.17, 15) is 0 Å². The van der Waals surface area contributed by atoms with Crippen molar-refractivity contribution in [2.75, 3.05) is 13.1 Å². The molecule has 1 aliphatic rings. The Hall–Kier alpha value is -2.11. The Balaban J connectivity index is 1.46. The minimum atomic E-state index is 0.443. The fourth-order valence-corrected chi connectivity index (χ4v) is 3.65. The molecule has 1 saturated heterocycles. The van der Waals surface area contributed by atoms with Gasteiger partial charge in [0.05, 0.1) is 19.1 Å². The number of piperidine rings is 1. The van der Waals surface area contributed by atoms with Crippen LogP contribution in [0.4, 0.5) is 0 Å². The number of oxazole rings is 1. The molecule has 3 aromatic rings. The van der Waals surface area contributed by atoms with E-state index in [1.807, 2.05) is 43.0 Å². The zero-order chi connectivity index (χ0) is 17.2. The van der Waals surface area contributed by atoms with Gasteiger partial charge in [-0.05, 0) is 31.0 Å². The number of imidazole rings is 1. The first kappa shape index (κ1) is 16.4. The van der Waals surface area contributed by atoms with E-state index in [4.69, 9.17) is 16.0 Å². The molecule has 0 amide bonds. The van der Waals surface area contributed by atoms with Gasteiger partial charge in [-0.2, -0.15) is 0 Å². The average Bonchev–Trinajstić information content (AvgIpc) is 3.28. The smallest absolute Gasteiger partial charge is 0.209 e. The molecule has 4 rings (SSSR count). The Kier molecular flexibility index (Phi) is 4.59. The predicted molar refractivity (Wildman–Crippen MR) is 97.3 cm³/mol. The summed E-state index contributed by atoms with van der Waals surface area (Å²) in [5, 5.41) is 0.698. The molecule has 6 heteroatoms. The van der Waals surface area contributed by atoms with Crippen LogP contribution in [0.3, 0.4) is 0 Å². The summed E-state index contributed by atoms with van der Waals surface area (Å²) >= 11 is 6.06. The van der Waals surface area contributed by atoms with Crippen molar-refractivity contribution in [3.63, 3.8) is 0 Å². The van der Waals surface area contributed by atoms with Crippen LogP contribution in [0.2, 0.25) is 5.02 Å². The van der Waals surface area contributed by atoms with Crippen molar-refractivity contribution in [2.45, 2.75) is 25.9 Å². The lowest BCUT2D eigenvalue weighted by Gasteiger charge is -2.37. The summed E-state index contributed by atoms with van der Waals surface area (Å²) in [4.78, 5) is 11.0. The van der Waals surface area contributed by atoms with E-state index in [-0.39, 0.29) is 0 Å². The Morgan fingerprint density at radius 3 is 3.08 bits per heavy atom. The standard InChI is InChI=1S/C19H21ClN4O/c1-14-5-7-23(11-17(14)24-8-6-21-13-24)12-19-22-10-18(25-19)15-3-2-4-16(20)9-15/h2-4,6,8-10,13-14,17H,5,7,11-12H2,1H3. The summed E-state index contributed by atoms with van der Waals surface area (Å²) in [6.45, 7) is 5.07. The molecular weight excluding hydrogens is 336 g/mol. The Labute approximate surface area is 152 Å². The largest absolute Gasteiger partial charge is 0.439 e. The van der Waals surface area contributed by atoms with Crippen molar-refractivity contribution in [1.29, 1.82) is 0 Å². The fourth-order valence-electron chi connectivity index (χ4n) is 3.46.